The highest BCUT2D eigenvalue weighted by molar-refractivity contribution is 5.85. The first-order valence-corrected chi connectivity index (χ1v) is 7.41. The number of hydrogen-bond acceptors (Lipinski definition) is 3. The molecule has 1 saturated carbocycles. The number of likely N-dealkylation sites (N-methyl/N-ethyl adjacent to an activating group) is 1. The SMILES string of the molecule is CNC1(C(N)=O)CCCC1CCn1nc(C)c(C)c1C. The van der Waals surface area contributed by atoms with Gasteiger partial charge in [-0.2, -0.15) is 5.10 Å². The maximum absolute atomic E-state index is 11.8. The van der Waals surface area contributed by atoms with Gasteiger partial charge in [0.2, 0.25) is 5.91 Å². The van der Waals surface area contributed by atoms with Gasteiger partial charge in [0, 0.05) is 12.2 Å². The molecule has 1 amide bonds. The van der Waals surface area contributed by atoms with Crippen LogP contribution in [-0.2, 0) is 11.3 Å². The van der Waals surface area contributed by atoms with Gasteiger partial charge in [-0.3, -0.25) is 9.48 Å². The van der Waals surface area contributed by atoms with Gasteiger partial charge < -0.3 is 11.1 Å². The van der Waals surface area contributed by atoms with Crippen LogP contribution >= 0.6 is 0 Å². The molecular weight excluding hydrogens is 252 g/mol. The molecule has 5 heteroatoms. The third-order valence-electron chi connectivity index (χ3n) is 5.14. The summed E-state index contributed by atoms with van der Waals surface area (Å²) in [5, 5.41) is 7.76. The Morgan fingerprint density at radius 1 is 1.50 bits per heavy atom. The fourth-order valence-electron chi connectivity index (χ4n) is 3.53. The zero-order valence-electron chi connectivity index (χ0n) is 13.0. The molecule has 1 heterocycles. The molecule has 3 N–H and O–H groups in total. The maximum Gasteiger partial charge on any atom is 0.238 e. The molecule has 0 bridgehead atoms. The van der Waals surface area contributed by atoms with Crippen LogP contribution in [0.15, 0.2) is 0 Å². The number of primary amides is 1. The number of hydrogen-bond donors (Lipinski definition) is 2. The summed E-state index contributed by atoms with van der Waals surface area (Å²) in [7, 11) is 1.84. The Bertz CT molecular complexity index is 508. The molecule has 112 valence electrons. The fourth-order valence-corrected chi connectivity index (χ4v) is 3.53. The molecule has 2 unspecified atom stereocenters. The van der Waals surface area contributed by atoms with Gasteiger partial charge in [-0.05, 0) is 58.6 Å². The zero-order valence-corrected chi connectivity index (χ0v) is 13.0. The largest absolute Gasteiger partial charge is 0.368 e. The number of nitrogens with zero attached hydrogens (tertiary/aromatic N) is 2. The minimum absolute atomic E-state index is 0.216. The van der Waals surface area contributed by atoms with Gasteiger partial charge in [0.25, 0.3) is 0 Å². The quantitative estimate of drug-likeness (QED) is 0.856. The molecule has 1 aromatic rings. The minimum atomic E-state index is -0.523. The van der Waals surface area contributed by atoms with E-state index in [1.165, 1.54) is 11.3 Å². The Balaban J connectivity index is 2.10. The third kappa shape index (κ3) is 2.35. The smallest absolute Gasteiger partial charge is 0.238 e. The fraction of sp³-hybridized carbons (Fsp3) is 0.733. The second-order valence-electron chi connectivity index (χ2n) is 5.98. The van der Waals surface area contributed by atoms with Crippen molar-refractivity contribution < 1.29 is 4.79 Å². The summed E-state index contributed by atoms with van der Waals surface area (Å²) in [6, 6.07) is 0. The van der Waals surface area contributed by atoms with Crippen LogP contribution in [0.5, 0.6) is 0 Å². The number of aryl methyl sites for hydroxylation is 2. The summed E-state index contributed by atoms with van der Waals surface area (Å²) < 4.78 is 2.06. The molecule has 1 aromatic heterocycles. The van der Waals surface area contributed by atoms with Crippen LogP contribution < -0.4 is 11.1 Å². The highest BCUT2D eigenvalue weighted by Gasteiger charge is 2.46. The Labute approximate surface area is 120 Å². The molecule has 0 radical (unpaired) electrons. The molecule has 2 rings (SSSR count). The molecule has 1 fully saturated rings. The van der Waals surface area contributed by atoms with Gasteiger partial charge >= 0.3 is 0 Å². The first kappa shape index (κ1) is 15.0. The lowest BCUT2D eigenvalue weighted by Crippen LogP contribution is -2.56. The van der Waals surface area contributed by atoms with E-state index in [9.17, 15) is 4.79 Å². The van der Waals surface area contributed by atoms with Crippen LogP contribution in [0.4, 0.5) is 0 Å². The first-order chi connectivity index (χ1) is 9.42. The van der Waals surface area contributed by atoms with E-state index in [1.807, 2.05) is 14.0 Å². The molecule has 5 nitrogen and oxygen atoms in total. The first-order valence-electron chi connectivity index (χ1n) is 7.41. The molecule has 2 atom stereocenters. The van der Waals surface area contributed by atoms with E-state index in [2.05, 4.69) is 28.9 Å². The molecule has 1 aliphatic rings. The zero-order chi connectivity index (χ0) is 14.9. The summed E-state index contributed by atoms with van der Waals surface area (Å²) >= 11 is 0. The number of amides is 1. The lowest BCUT2D eigenvalue weighted by atomic mass is 9.84. The number of aromatic nitrogens is 2. The number of nitrogens with one attached hydrogen (secondary N) is 1. The van der Waals surface area contributed by atoms with Crippen LogP contribution in [0.2, 0.25) is 0 Å². The van der Waals surface area contributed by atoms with Crippen molar-refractivity contribution in [2.24, 2.45) is 11.7 Å². The number of nitrogens with two attached hydrogens (primary N) is 1. The number of carbonyl (C=O) groups is 1. The Morgan fingerprint density at radius 3 is 2.70 bits per heavy atom. The second kappa shape index (κ2) is 5.56. The van der Waals surface area contributed by atoms with E-state index in [1.54, 1.807) is 0 Å². The van der Waals surface area contributed by atoms with Gasteiger partial charge in [-0.25, -0.2) is 0 Å². The van der Waals surface area contributed by atoms with Crippen molar-refractivity contribution in [1.29, 1.82) is 0 Å². The Hall–Kier alpha value is -1.36. The predicted molar refractivity (Wildman–Crippen MR) is 79.4 cm³/mol. The summed E-state index contributed by atoms with van der Waals surface area (Å²) in [5.74, 6) is 0.0845. The molecular formula is C15H26N4O. The van der Waals surface area contributed by atoms with Crippen molar-refractivity contribution in [2.45, 2.75) is 58.5 Å². The van der Waals surface area contributed by atoms with E-state index in [4.69, 9.17) is 5.73 Å². The van der Waals surface area contributed by atoms with Crippen LogP contribution in [0, 0.1) is 26.7 Å². The van der Waals surface area contributed by atoms with Crippen LogP contribution in [0.3, 0.4) is 0 Å². The van der Waals surface area contributed by atoms with Crippen molar-refractivity contribution >= 4 is 5.91 Å². The van der Waals surface area contributed by atoms with Gasteiger partial charge in [-0.15, -0.1) is 0 Å². The van der Waals surface area contributed by atoms with Crippen molar-refractivity contribution in [3.05, 3.63) is 17.0 Å². The molecule has 0 aliphatic heterocycles. The van der Waals surface area contributed by atoms with Crippen LogP contribution in [-0.4, -0.2) is 28.3 Å². The van der Waals surface area contributed by atoms with E-state index in [-0.39, 0.29) is 5.91 Å². The van der Waals surface area contributed by atoms with E-state index in [0.717, 1.165) is 37.9 Å². The van der Waals surface area contributed by atoms with Crippen molar-refractivity contribution in [1.82, 2.24) is 15.1 Å². The summed E-state index contributed by atoms with van der Waals surface area (Å²) in [5.41, 5.74) is 8.67. The Kier molecular flexibility index (Phi) is 4.18. The topological polar surface area (TPSA) is 72.9 Å². The van der Waals surface area contributed by atoms with Crippen LogP contribution in [0.1, 0.15) is 42.6 Å². The molecule has 1 aliphatic carbocycles. The minimum Gasteiger partial charge on any atom is -0.368 e. The van der Waals surface area contributed by atoms with Crippen molar-refractivity contribution in [3.8, 4) is 0 Å². The number of carbonyl (C=O) groups excluding carboxylic acids is 1. The van der Waals surface area contributed by atoms with Gasteiger partial charge in [0.1, 0.15) is 5.54 Å². The maximum atomic E-state index is 11.8. The van der Waals surface area contributed by atoms with Crippen LogP contribution in [0.25, 0.3) is 0 Å². The third-order valence-corrected chi connectivity index (χ3v) is 5.14. The molecule has 0 saturated heterocycles. The summed E-state index contributed by atoms with van der Waals surface area (Å²) in [6.07, 6.45) is 3.90. The molecule has 0 spiro atoms. The van der Waals surface area contributed by atoms with Crippen molar-refractivity contribution in [3.63, 3.8) is 0 Å². The van der Waals surface area contributed by atoms with Gasteiger partial charge in [-0.1, -0.05) is 6.42 Å². The highest BCUT2D eigenvalue weighted by atomic mass is 16.1. The highest BCUT2D eigenvalue weighted by Crippen LogP contribution is 2.38. The van der Waals surface area contributed by atoms with Crippen molar-refractivity contribution in [2.75, 3.05) is 7.05 Å². The average molecular weight is 278 g/mol. The summed E-state index contributed by atoms with van der Waals surface area (Å²) in [6.45, 7) is 7.09. The van der Waals surface area contributed by atoms with E-state index >= 15 is 0 Å². The van der Waals surface area contributed by atoms with E-state index < -0.39 is 5.54 Å². The van der Waals surface area contributed by atoms with Gasteiger partial charge in [0.15, 0.2) is 0 Å². The molecule has 20 heavy (non-hydrogen) atoms. The van der Waals surface area contributed by atoms with E-state index in [0.29, 0.717) is 5.92 Å². The Morgan fingerprint density at radius 2 is 2.20 bits per heavy atom. The normalized spacial score (nSPS) is 26.1. The lowest BCUT2D eigenvalue weighted by Gasteiger charge is -2.32. The molecule has 0 aromatic carbocycles. The summed E-state index contributed by atoms with van der Waals surface area (Å²) in [4.78, 5) is 11.8. The van der Waals surface area contributed by atoms with Gasteiger partial charge in [0.05, 0.1) is 5.69 Å². The lowest BCUT2D eigenvalue weighted by molar-refractivity contribution is -0.125. The predicted octanol–water partition coefficient (Wildman–Crippen LogP) is 1.44. The average Bonchev–Trinajstić information content (AvgIpc) is 2.94. The second-order valence-corrected chi connectivity index (χ2v) is 5.98. The monoisotopic (exact) mass is 278 g/mol. The number of rotatable bonds is 5. The standard InChI is InChI=1S/C15H26N4O/c1-10-11(2)18-19(12(10)3)9-7-13-6-5-8-15(13,17-4)14(16)20/h13,17H,5-9H2,1-4H3,(H2,16,20).